The lowest BCUT2D eigenvalue weighted by atomic mass is 10.0. The summed E-state index contributed by atoms with van der Waals surface area (Å²) >= 11 is 0. The fraction of sp³-hybridized carbons (Fsp3) is 0.381. The summed E-state index contributed by atoms with van der Waals surface area (Å²) in [6.07, 6.45) is 0.519. The van der Waals surface area contributed by atoms with E-state index in [1.54, 1.807) is 24.3 Å². The van der Waals surface area contributed by atoms with Crippen molar-refractivity contribution in [2.75, 3.05) is 7.11 Å². The third-order valence-electron chi connectivity index (χ3n) is 4.15. The first-order valence-corrected chi connectivity index (χ1v) is 8.90. The van der Waals surface area contributed by atoms with Gasteiger partial charge in [0, 0.05) is 17.7 Å². The summed E-state index contributed by atoms with van der Waals surface area (Å²) < 4.78 is 25.1. The number of rotatable bonds is 10. The van der Waals surface area contributed by atoms with E-state index in [9.17, 15) is 14.3 Å². The normalized spacial score (nSPS) is 12.0. The average Bonchev–Trinajstić information content (AvgIpc) is 2.64. The lowest BCUT2D eigenvalue weighted by Crippen LogP contribution is -2.37. The van der Waals surface area contributed by atoms with Crippen molar-refractivity contribution < 1.29 is 23.8 Å². The van der Waals surface area contributed by atoms with Crippen molar-refractivity contribution >= 4 is 5.97 Å². The zero-order valence-corrected chi connectivity index (χ0v) is 15.9. The SMILES string of the molecule is COc1cccc(CNC(CC(C)C)C(=O)O)c1OCc1ccccc1F. The highest BCUT2D eigenvalue weighted by molar-refractivity contribution is 5.73. The standard InChI is InChI=1S/C21H26FNO4/c1-14(2)11-18(21(24)25)23-12-15-8-6-10-19(26-3)20(15)27-13-16-7-4-5-9-17(16)22/h4-10,14,18,23H,11-13H2,1-3H3,(H,24,25). The highest BCUT2D eigenvalue weighted by Gasteiger charge is 2.20. The third kappa shape index (κ3) is 5.96. The number of benzene rings is 2. The number of methoxy groups -OCH3 is 1. The van der Waals surface area contributed by atoms with Crippen molar-refractivity contribution in [3.8, 4) is 11.5 Å². The number of hydrogen-bond acceptors (Lipinski definition) is 4. The van der Waals surface area contributed by atoms with Crippen LogP contribution in [0.1, 0.15) is 31.4 Å². The molecule has 5 nitrogen and oxygen atoms in total. The zero-order valence-electron chi connectivity index (χ0n) is 15.9. The van der Waals surface area contributed by atoms with Gasteiger partial charge in [0.2, 0.25) is 0 Å². The number of carboxylic acids is 1. The summed E-state index contributed by atoms with van der Waals surface area (Å²) in [7, 11) is 1.53. The molecule has 27 heavy (non-hydrogen) atoms. The van der Waals surface area contributed by atoms with E-state index in [4.69, 9.17) is 9.47 Å². The first kappa shape index (κ1) is 20.7. The molecule has 0 aliphatic rings. The summed E-state index contributed by atoms with van der Waals surface area (Å²) in [5.74, 6) is 0.0156. The quantitative estimate of drug-likeness (QED) is 0.657. The van der Waals surface area contributed by atoms with Gasteiger partial charge in [0.15, 0.2) is 11.5 Å². The monoisotopic (exact) mass is 375 g/mol. The van der Waals surface area contributed by atoms with Crippen LogP contribution in [0.25, 0.3) is 0 Å². The molecule has 0 heterocycles. The molecule has 0 aromatic heterocycles. The van der Waals surface area contributed by atoms with E-state index in [2.05, 4.69) is 5.32 Å². The van der Waals surface area contributed by atoms with Crippen molar-refractivity contribution in [3.05, 3.63) is 59.4 Å². The van der Waals surface area contributed by atoms with Gasteiger partial charge in [-0.15, -0.1) is 0 Å². The Morgan fingerprint density at radius 2 is 1.85 bits per heavy atom. The molecule has 0 saturated heterocycles. The van der Waals surface area contributed by atoms with E-state index >= 15 is 0 Å². The molecule has 0 spiro atoms. The summed E-state index contributed by atoms with van der Waals surface area (Å²) in [4.78, 5) is 11.5. The smallest absolute Gasteiger partial charge is 0.320 e. The Hall–Kier alpha value is -2.60. The van der Waals surface area contributed by atoms with Crippen molar-refractivity contribution in [3.63, 3.8) is 0 Å². The van der Waals surface area contributed by atoms with Crippen LogP contribution in [-0.4, -0.2) is 24.2 Å². The Kier molecular flexibility index (Phi) is 7.61. The van der Waals surface area contributed by atoms with Gasteiger partial charge in [-0.1, -0.05) is 44.2 Å². The fourth-order valence-electron chi connectivity index (χ4n) is 2.77. The molecule has 6 heteroatoms. The predicted molar refractivity (Wildman–Crippen MR) is 101 cm³/mol. The maximum Gasteiger partial charge on any atom is 0.320 e. The molecule has 0 bridgehead atoms. The zero-order chi connectivity index (χ0) is 19.8. The van der Waals surface area contributed by atoms with Crippen LogP contribution in [0.4, 0.5) is 4.39 Å². The topological polar surface area (TPSA) is 67.8 Å². The number of carboxylic acid groups (broad SMARTS) is 1. The second-order valence-corrected chi connectivity index (χ2v) is 6.73. The third-order valence-corrected chi connectivity index (χ3v) is 4.15. The maximum absolute atomic E-state index is 13.9. The lowest BCUT2D eigenvalue weighted by Gasteiger charge is -2.19. The van der Waals surface area contributed by atoms with Gasteiger partial charge in [0.25, 0.3) is 0 Å². The summed E-state index contributed by atoms with van der Waals surface area (Å²) in [6.45, 7) is 4.31. The second-order valence-electron chi connectivity index (χ2n) is 6.73. The highest BCUT2D eigenvalue weighted by atomic mass is 19.1. The molecule has 146 valence electrons. The van der Waals surface area contributed by atoms with Gasteiger partial charge in [-0.05, 0) is 24.5 Å². The molecule has 2 N–H and O–H groups in total. The average molecular weight is 375 g/mol. The molecule has 1 unspecified atom stereocenters. The van der Waals surface area contributed by atoms with Crippen molar-refractivity contribution in [2.24, 2.45) is 5.92 Å². The molecule has 1 atom stereocenters. The maximum atomic E-state index is 13.9. The molecule has 0 aliphatic heterocycles. The largest absolute Gasteiger partial charge is 0.493 e. The first-order valence-electron chi connectivity index (χ1n) is 8.90. The van der Waals surface area contributed by atoms with Crippen molar-refractivity contribution in [2.45, 2.75) is 39.5 Å². The first-order chi connectivity index (χ1) is 12.9. The van der Waals surface area contributed by atoms with E-state index in [1.807, 2.05) is 26.0 Å². The van der Waals surface area contributed by atoms with E-state index in [1.165, 1.54) is 13.2 Å². The van der Waals surface area contributed by atoms with Crippen LogP contribution in [0.3, 0.4) is 0 Å². The van der Waals surface area contributed by atoms with E-state index in [-0.39, 0.29) is 18.3 Å². The van der Waals surface area contributed by atoms with Gasteiger partial charge in [0.1, 0.15) is 18.5 Å². The Morgan fingerprint density at radius 3 is 2.48 bits per heavy atom. The van der Waals surface area contributed by atoms with Crippen LogP contribution in [0.5, 0.6) is 11.5 Å². The van der Waals surface area contributed by atoms with Crippen LogP contribution in [0.2, 0.25) is 0 Å². The van der Waals surface area contributed by atoms with E-state index in [0.29, 0.717) is 30.0 Å². The molecule has 2 rings (SSSR count). The molecule has 2 aromatic rings. The fourth-order valence-corrected chi connectivity index (χ4v) is 2.77. The van der Waals surface area contributed by atoms with Crippen molar-refractivity contribution in [1.29, 1.82) is 0 Å². The highest BCUT2D eigenvalue weighted by Crippen LogP contribution is 2.32. The van der Waals surface area contributed by atoms with Gasteiger partial charge in [-0.25, -0.2) is 4.39 Å². The number of aliphatic carboxylic acids is 1. The van der Waals surface area contributed by atoms with Crippen LogP contribution in [0.15, 0.2) is 42.5 Å². The van der Waals surface area contributed by atoms with Crippen molar-refractivity contribution in [1.82, 2.24) is 5.32 Å². The van der Waals surface area contributed by atoms with Crippen LogP contribution in [-0.2, 0) is 17.9 Å². The van der Waals surface area contributed by atoms with E-state index < -0.39 is 12.0 Å². The summed E-state index contributed by atoms with van der Waals surface area (Å²) in [6, 6.07) is 11.1. The number of ether oxygens (including phenoxy) is 2. The molecule has 0 radical (unpaired) electrons. The van der Waals surface area contributed by atoms with Crippen LogP contribution >= 0.6 is 0 Å². The Bertz CT molecular complexity index is 764. The minimum Gasteiger partial charge on any atom is -0.493 e. The molecule has 0 aliphatic carbocycles. The Balaban J connectivity index is 2.16. The van der Waals surface area contributed by atoms with E-state index in [0.717, 1.165) is 5.56 Å². The predicted octanol–water partition coefficient (Wildman–Crippen LogP) is 4.00. The van der Waals surface area contributed by atoms with Crippen LogP contribution < -0.4 is 14.8 Å². The number of carbonyl (C=O) groups is 1. The molecule has 0 amide bonds. The van der Waals surface area contributed by atoms with Gasteiger partial charge >= 0.3 is 5.97 Å². The van der Waals surface area contributed by atoms with Crippen LogP contribution in [0, 0.1) is 11.7 Å². The second kappa shape index (κ2) is 9.92. The molecule has 0 fully saturated rings. The summed E-state index contributed by atoms with van der Waals surface area (Å²) in [5.41, 5.74) is 1.19. The number of hydrogen-bond donors (Lipinski definition) is 2. The molecular formula is C21H26FNO4. The van der Waals surface area contributed by atoms with Gasteiger partial charge in [-0.2, -0.15) is 0 Å². The Labute approximate surface area is 159 Å². The number of para-hydroxylation sites is 1. The lowest BCUT2D eigenvalue weighted by molar-refractivity contribution is -0.140. The Morgan fingerprint density at radius 1 is 1.15 bits per heavy atom. The van der Waals surface area contributed by atoms with Gasteiger partial charge in [-0.3, -0.25) is 4.79 Å². The minimum absolute atomic E-state index is 0.0500. The molecular weight excluding hydrogens is 349 g/mol. The molecule has 0 saturated carbocycles. The van der Waals surface area contributed by atoms with Gasteiger partial charge < -0.3 is 19.9 Å². The summed E-state index contributed by atoms with van der Waals surface area (Å²) in [5, 5.41) is 12.5. The minimum atomic E-state index is -0.888. The van der Waals surface area contributed by atoms with Gasteiger partial charge in [0.05, 0.1) is 7.11 Å². The number of nitrogens with one attached hydrogen (secondary N) is 1. The number of halogens is 1. The molecule has 2 aromatic carbocycles.